The van der Waals surface area contributed by atoms with E-state index in [-0.39, 0.29) is 17.6 Å². The Morgan fingerprint density at radius 3 is 2.26 bits per heavy atom. The Bertz CT molecular complexity index is 463. The van der Waals surface area contributed by atoms with Crippen LogP contribution in [-0.2, 0) is 0 Å². The molecular formula is C21H36O2. The van der Waals surface area contributed by atoms with Crippen LogP contribution in [0.5, 0.6) is 0 Å². The number of hydrogen-bond donors (Lipinski definition) is 2. The van der Waals surface area contributed by atoms with Gasteiger partial charge in [-0.25, -0.2) is 0 Å². The van der Waals surface area contributed by atoms with Gasteiger partial charge in [-0.1, -0.05) is 20.8 Å². The summed E-state index contributed by atoms with van der Waals surface area (Å²) in [7, 11) is 0. The molecule has 0 unspecified atom stereocenters. The Balaban J connectivity index is 1.62. The van der Waals surface area contributed by atoms with E-state index in [0.29, 0.717) is 11.3 Å². The van der Waals surface area contributed by atoms with Crippen molar-refractivity contribution in [1.82, 2.24) is 0 Å². The lowest BCUT2D eigenvalue weighted by Crippen LogP contribution is -2.58. The van der Waals surface area contributed by atoms with Crippen molar-refractivity contribution in [3.05, 3.63) is 0 Å². The Kier molecular flexibility index (Phi) is 3.89. The molecule has 0 aromatic heterocycles. The summed E-state index contributed by atoms with van der Waals surface area (Å²) >= 11 is 0. The lowest BCUT2D eigenvalue weighted by molar-refractivity contribution is -0.177. The van der Waals surface area contributed by atoms with Crippen molar-refractivity contribution in [1.29, 1.82) is 0 Å². The molecule has 0 amide bonds. The molecule has 9 atom stereocenters. The van der Waals surface area contributed by atoms with E-state index in [0.717, 1.165) is 36.5 Å². The van der Waals surface area contributed by atoms with E-state index in [2.05, 4.69) is 20.8 Å². The molecule has 0 aliphatic heterocycles. The van der Waals surface area contributed by atoms with Gasteiger partial charge < -0.3 is 10.2 Å². The smallest absolute Gasteiger partial charge is 0.0622 e. The van der Waals surface area contributed by atoms with E-state index in [4.69, 9.17) is 0 Å². The number of fused-ring (bicyclic) bond motifs is 5. The normalized spacial score (nSPS) is 59.6. The fourth-order valence-electron chi connectivity index (χ4n) is 7.74. The highest BCUT2D eigenvalue weighted by atomic mass is 16.3. The molecule has 4 rings (SSSR count). The average Bonchev–Trinajstić information content (AvgIpc) is 2.52. The SMILES string of the molecule is C[C@@H]1CC[C@H]2[C@@H]3CC[C@H]4C[C@@H](O)CC[C@]4(C)[C@H]3CC[C@]2(C)[C@H]1O. The zero-order valence-electron chi connectivity index (χ0n) is 15.3. The predicted molar refractivity (Wildman–Crippen MR) is 92.9 cm³/mol. The third kappa shape index (κ3) is 2.27. The summed E-state index contributed by atoms with van der Waals surface area (Å²) in [5.41, 5.74) is 0.619. The molecule has 2 N–H and O–H groups in total. The maximum Gasteiger partial charge on any atom is 0.0622 e. The third-order valence-electron chi connectivity index (χ3n) is 9.22. The van der Waals surface area contributed by atoms with Crippen molar-refractivity contribution < 1.29 is 10.2 Å². The monoisotopic (exact) mass is 320 g/mol. The molecule has 0 saturated heterocycles. The number of aliphatic hydroxyl groups is 2. The minimum Gasteiger partial charge on any atom is -0.393 e. The first-order valence-electron chi connectivity index (χ1n) is 10.2. The van der Waals surface area contributed by atoms with Crippen molar-refractivity contribution >= 4 is 0 Å². The van der Waals surface area contributed by atoms with Crippen LogP contribution in [0.15, 0.2) is 0 Å². The van der Waals surface area contributed by atoms with Gasteiger partial charge in [-0.15, -0.1) is 0 Å². The molecule has 4 saturated carbocycles. The molecule has 0 aromatic carbocycles. The second-order valence-corrected chi connectivity index (χ2v) is 10.1. The van der Waals surface area contributed by atoms with E-state index in [9.17, 15) is 10.2 Å². The van der Waals surface area contributed by atoms with Crippen LogP contribution < -0.4 is 0 Å². The lowest BCUT2D eigenvalue weighted by Gasteiger charge is -2.63. The van der Waals surface area contributed by atoms with Crippen LogP contribution in [-0.4, -0.2) is 22.4 Å². The molecule has 0 aromatic rings. The molecule has 23 heavy (non-hydrogen) atoms. The van der Waals surface area contributed by atoms with Gasteiger partial charge in [0.2, 0.25) is 0 Å². The number of hydrogen-bond acceptors (Lipinski definition) is 2. The Morgan fingerprint density at radius 2 is 1.48 bits per heavy atom. The van der Waals surface area contributed by atoms with Gasteiger partial charge in [0.15, 0.2) is 0 Å². The fourth-order valence-corrected chi connectivity index (χ4v) is 7.74. The van der Waals surface area contributed by atoms with Crippen molar-refractivity contribution in [3.8, 4) is 0 Å². The average molecular weight is 321 g/mol. The van der Waals surface area contributed by atoms with Gasteiger partial charge in [-0.2, -0.15) is 0 Å². The van der Waals surface area contributed by atoms with Gasteiger partial charge in [0.1, 0.15) is 0 Å². The van der Waals surface area contributed by atoms with Crippen molar-refractivity contribution in [2.45, 2.75) is 90.8 Å². The highest BCUT2D eigenvalue weighted by Gasteiger charge is 2.59. The first-order valence-corrected chi connectivity index (χ1v) is 10.2. The van der Waals surface area contributed by atoms with E-state index in [1.54, 1.807) is 0 Å². The quantitative estimate of drug-likeness (QED) is 0.695. The zero-order valence-corrected chi connectivity index (χ0v) is 15.3. The molecule has 4 fully saturated rings. The number of rotatable bonds is 0. The van der Waals surface area contributed by atoms with Gasteiger partial charge in [0.25, 0.3) is 0 Å². The van der Waals surface area contributed by atoms with E-state index in [1.165, 1.54) is 44.9 Å². The highest BCUT2D eigenvalue weighted by molar-refractivity contribution is 5.09. The highest BCUT2D eigenvalue weighted by Crippen LogP contribution is 2.65. The van der Waals surface area contributed by atoms with Crippen LogP contribution in [0.3, 0.4) is 0 Å². The number of aliphatic hydroxyl groups excluding tert-OH is 2. The summed E-state index contributed by atoms with van der Waals surface area (Å²) in [5.74, 6) is 3.62. The second-order valence-electron chi connectivity index (χ2n) is 10.1. The second kappa shape index (κ2) is 5.46. The van der Waals surface area contributed by atoms with Gasteiger partial charge >= 0.3 is 0 Å². The summed E-state index contributed by atoms with van der Waals surface area (Å²) in [4.78, 5) is 0. The molecule has 4 aliphatic carbocycles. The summed E-state index contributed by atoms with van der Waals surface area (Å²) in [5, 5.41) is 21.0. The first-order chi connectivity index (χ1) is 10.9. The van der Waals surface area contributed by atoms with Crippen LogP contribution in [0.2, 0.25) is 0 Å². The molecule has 132 valence electrons. The molecule has 0 spiro atoms. The fraction of sp³-hybridized carbons (Fsp3) is 1.00. The first kappa shape index (κ1) is 16.4. The van der Waals surface area contributed by atoms with Crippen molar-refractivity contribution in [3.63, 3.8) is 0 Å². The van der Waals surface area contributed by atoms with Crippen LogP contribution in [0.25, 0.3) is 0 Å². The Morgan fingerprint density at radius 1 is 0.783 bits per heavy atom. The molecular weight excluding hydrogens is 284 g/mol. The Hall–Kier alpha value is -0.0800. The lowest BCUT2D eigenvalue weighted by atomic mass is 9.42. The van der Waals surface area contributed by atoms with Gasteiger partial charge in [-0.05, 0) is 98.2 Å². The minimum atomic E-state index is -0.0964. The van der Waals surface area contributed by atoms with Gasteiger partial charge in [-0.3, -0.25) is 0 Å². The van der Waals surface area contributed by atoms with Gasteiger partial charge in [0.05, 0.1) is 12.2 Å². The topological polar surface area (TPSA) is 40.5 Å². The van der Waals surface area contributed by atoms with Crippen LogP contribution >= 0.6 is 0 Å². The maximum absolute atomic E-state index is 10.9. The zero-order chi connectivity index (χ0) is 16.4. The van der Waals surface area contributed by atoms with E-state index >= 15 is 0 Å². The molecule has 2 heteroatoms. The van der Waals surface area contributed by atoms with Crippen molar-refractivity contribution in [2.24, 2.45) is 40.4 Å². The summed E-state index contributed by atoms with van der Waals surface area (Å²) in [6.45, 7) is 7.19. The minimum absolute atomic E-state index is 0.0455. The van der Waals surface area contributed by atoms with Crippen LogP contribution in [0.4, 0.5) is 0 Å². The third-order valence-corrected chi connectivity index (χ3v) is 9.22. The summed E-state index contributed by atoms with van der Waals surface area (Å²) < 4.78 is 0. The van der Waals surface area contributed by atoms with Crippen LogP contribution in [0, 0.1) is 40.4 Å². The van der Waals surface area contributed by atoms with E-state index in [1.807, 2.05) is 0 Å². The summed E-state index contributed by atoms with van der Waals surface area (Å²) in [6.07, 6.45) is 10.9. The standard InChI is InChI=1S/C21H36O2/c1-13-4-7-17-16-6-5-14-12-15(22)8-10-20(14,2)18(16)9-11-21(17,3)19(13)23/h13-19,22-23H,4-12H2,1-3H3/t13-,14+,15+,16+,17+,18+,19+,20+,21+/m1/s1. The van der Waals surface area contributed by atoms with E-state index < -0.39 is 0 Å². The summed E-state index contributed by atoms with van der Waals surface area (Å²) in [6, 6.07) is 0. The van der Waals surface area contributed by atoms with Gasteiger partial charge in [0, 0.05) is 0 Å². The largest absolute Gasteiger partial charge is 0.393 e. The predicted octanol–water partition coefficient (Wildman–Crippen LogP) is 4.39. The molecule has 2 nitrogen and oxygen atoms in total. The Labute approximate surface area is 142 Å². The van der Waals surface area contributed by atoms with Crippen molar-refractivity contribution in [2.75, 3.05) is 0 Å². The maximum atomic E-state index is 10.9. The van der Waals surface area contributed by atoms with Crippen LogP contribution in [0.1, 0.15) is 78.6 Å². The molecule has 0 heterocycles. The molecule has 0 bridgehead atoms. The molecule has 4 aliphatic rings. The molecule has 0 radical (unpaired) electrons.